The van der Waals surface area contributed by atoms with E-state index in [1.807, 2.05) is 0 Å². The summed E-state index contributed by atoms with van der Waals surface area (Å²) in [4.78, 5) is 0. The Kier molecular flexibility index (Phi) is 2.37. The third-order valence-corrected chi connectivity index (χ3v) is 0.543. The Morgan fingerprint density at radius 1 is 1.57 bits per heavy atom. The highest BCUT2D eigenvalue weighted by Gasteiger charge is 1.76. The molecule has 0 aliphatic heterocycles. The van der Waals surface area contributed by atoms with Crippen molar-refractivity contribution >= 4 is 19.4 Å². The second kappa shape index (κ2) is 2.58. The number of hydrogen-bond donors (Lipinski definition) is 1. The Labute approximate surface area is 48.8 Å². The Morgan fingerprint density at radius 2 is 2.29 bits per heavy atom. The van der Waals surface area contributed by atoms with Crippen molar-refractivity contribution in [3.05, 3.63) is 18.4 Å². The van der Waals surface area contributed by atoms with E-state index in [1.54, 1.807) is 12.1 Å². The molecule has 1 heterocycles. The molecule has 0 unspecified atom stereocenters. The van der Waals surface area contributed by atoms with Gasteiger partial charge in [-0.1, -0.05) is 0 Å². The summed E-state index contributed by atoms with van der Waals surface area (Å²) in [5.41, 5.74) is 5.11. The molecule has 40 valence electrons. The number of hydrogen-bond acceptors (Lipinski definition) is 2. The average Bonchev–Trinajstić information content (AvgIpc) is 1.86. The van der Waals surface area contributed by atoms with Crippen molar-refractivity contribution < 1.29 is 4.42 Å². The van der Waals surface area contributed by atoms with E-state index in [2.05, 4.69) is 4.42 Å². The zero-order chi connectivity index (χ0) is 4.41. The molecule has 0 aromatic carbocycles. The third-order valence-electron chi connectivity index (χ3n) is 0.543. The zero-order valence-electron chi connectivity index (χ0n) is 3.72. The summed E-state index contributed by atoms with van der Waals surface area (Å²) in [6.45, 7) is 0. The van der Waals surface area contributed by atoms with Crippen LogP contribution in [0.3, 0.4) is 0 Å². The summed E-state index contributed by atoms with van der Waals surface area (Å²) in [5.74, 6) is 0.468. The molecule has 2 N–H and O–H groups in total. The van der Waals surface area contributed by atoms with Gasteiger partial charge in [0.15, 0.2) is 5.88 Å². The van der Waals surface area contributed by atoms with Gasteiger partial charge >= 0.3 is 0 Å². The van der Waals surface area contributed by atoms with Crippen molar-refractivity contribution in [3.8, 4) is 0 Å². The molecule has 2 nitrogen and oxygen atoms in total. The summed E-state index contributed by atoms with van der Waals surface area (Å²) < 4.78 is 4.61. The van der Waals surface area contributed by atoms with Crippen molar-refractivity contribution in [1.29, 1.82) is 0 Å². The summed E-state index contributed by atoms with van der Waals surface area (Å²) >= 11 is 0. The van der Waals surface area contributed by atoms with Crippen LogP contribution >= 0.6 is 13.5 Å². The maximum atomic E-state index is 5.11. The Bertz CT molecular complexity index is 115. The van der Waals surface area contributed by atoms with Crippen LogP contribution in [0, 0.1) is 0 Å². The van der Waals surface area contributed by atoms with Gasteiger partial charge in [0.2, 0.25) is 0 Å². The summed E-state index contributed by atoms with van der Waals surface area (Å²) in [5, 5.41) is 0. The second-order valence-electron chi connectivity index (χ2n) is 1.02. The van der Waals surface area contributed by atoms with E-state index >= 15 is 0 Å². The van der Waals surface area contributed by atoms with Crippen LogP contribution in [0.1, 0.15) is 0 Å². The first-order chi connectivity index (χ1) is 2.89. The molecule has 0 radical (unpaired) electrons. The highest BCUT2D eigenvalue weighted by atomic mass is 32.1. The molecule has 0 saturated heterocycles. The molecule has 3 heteroatoms. The third kappa shape index (κ3) is 1.55. The molecule has 1 aromatic rings. The smallest absolute Gasteiger partial charge is 0.190 e. The second-order valence-corrected chi connectivity index (χ2v) is 1.02. The number of nitrogen functional groups attached to an aromatic ring is 1. The fourth-order valence-corrected chi connectivity index (χ4v) is 0.291. The van der Waals surface area contributed by atoms with Gasteiger partial charge in [0.1, 0.15) is 0 Å². The van der Waals surface area contributed by atoms with E-state index < -0.39 is 0 Å². The van der Waals surface area contributed by atoms with E-state index in [1.165, 1.54) is 6.26 Å². The molecule has 0 aliphatic carbocycles. The number of furan rings is 1. The van der Waals surface area contributed by atoms with E-state index in [0.29, 0.717) is 5.88 Å². The lowest BCUT2D eigenvalue weighted by Gasteiger charge is -1.70. The van der Waals surface area contributed by atoms with Crippen molar-refractivity contribution in [3.63, 3.8) is 0 Å². The molecule has 0 fully saturated rings. The Balaban J connectivity index is 0.000000360. The van der Waals surface area contributed by atoms with Crippen LogP contribution in [0.5, 0.6) is 0 Å². The molecule has 1 rings (SSSR count). The Morgan fingerprint density at radius 3 is 2.43 bits per heavy atom. The monoisotopic (exact) mass is 117 g/mol. The van der Waals surface area contributed by atoms with Crippen LogP contribution in [0.15, 0.2) is 22.8 Å². The van der Waals surface area contributed by atoms with E-state index in [9.17, 15) is 0 Å². The van der Waals surface area contributed by atoms with Gasteiger partial charge in [0, 0.05) is 6.07 Å². The van der Waals surface area contributed by atoms with Crippen molar-refractivity contribution in [2.24, 2.45) is 0 Å². The quantitative estimate of drug-likeness (QED) is 0.550. The van der Waals surface area contributed by atoms with E-state index in [-0.39, 0.29) is 13.5 Å². The number of nitrogens with two attached hydrogens (primary N) is 1. The minimum absolute atomic E-state index is 0. The lowest BCUT2D eigenvalue weighted by molar-refractivity contribution is 0.588. The highest BCUT2D eigenvalue weighted by Crippen LogP contribution is 1.97. The Hall–Kier alpha value is -0.570. The zero-order valence-corrected chi connectivity index (χ0v) is 4.72. The molecule has 0 atom stereocenters. The molecule has 1 aromatic heterocycles. The van der Waals surface area contributed by atoms with E-state index in [0.717, 1.165) is 0 Å². The molecule has 0 spiro atoms. The maximum Gasteiger partial charge on any atom is 0.190 e. The number of rotatable bonds is 0. The molecular formula is C4H7NOS. The van der Waals surface area contributed by atoms with Gasteiger partial charge < -0.3 is 10.2 Å². The van der Waals surface area contributed by atoms with Gasteiger partial charge in [-0.15, -0.1) is 0 Å². The fourth-order valence-electron chi connectivity index (χ4n) is 0.291. The van der Waals surface area contributed by atoms with Crippen LogP contribution in [0.2, 0.25) is 0 Å². The van der Waals surface area contributed by atoms with Crippen molar-refractivity contribution in [2.45, 2.75) is 0 Å². The van der Waals surface area contributed by atoms with Gasteiger partial charge in [0.05, 0.1) is 6.26 Å². The first-order valence-corrected chi connectivity index (χ1v) is 1.68. The van der Waals surface area contributed by atoms with Crippen LogP contribution in [0.25, 0.3) is 0 Å². The van der Waals surface area contributed by atoms with Crippen LogP contribution in [-0.2, 0) is 0 Å². The van der Waals surface area contributed by atoms with Crippen LogP contribution in [-0.4, -0.2) is 0 Å². The topological polar surface area (TPSA) is 39.2 Å². The van der Waals surface area contributed by atoms with E-state index in [4.69, 9.17) is 5.73 Å². The summed E-state index contributed by atoms with van der Waals surface area (Å²) in [7, 11) is 0. The molecule has 0 bridgehead atoms. The lowest BCUT2D eigenvalue weighted by atomic mass is 10.6. The largest absolute Gasteiger partial charge is 0.449 e. The normalized spacial score (nSPS) is 7.43. The number of anilines is 1. The standard InChI is InChI=1S/C4H5NO.H2S/c5-4-2-1-3-6-4;/h1-3H,5H2;1H2. The summed E-state index contributed by atoms with van der Waals surface area (Å²) in [6.07, 6.45) is 1.54. The van der Waals surface area contributed by atoms with Crippen LogP contribution < -0.4 is 5.73 Å². The molecular weight excluding hydrogens is 110 g/mol. The highest BCUT2D eigenvalue weighted by molar-refractivity contribution is 7.59. The predicted octanol–water partition coefficient (Wildman–Crippen LogP) is 0.975. The summed E-state index contributed by atoms with van der Waals surface area (Å²) in [6, 6.07) is 3.44. The first kappa shape index (κ1) is 6.43. The lowest BCUT2D eigenvalue weighted by Crippen LogP contribution is -1.74. The molecule has 7 heavy (non-hydrogen) atoms. The van der Waals surface area contributed by atoms with Gasteiger partial charge in [-0.3, -0.25) is 0 Å². The fraction of sp³-hybridized carbons (Fsp3) is 0. The minimum atomic E-state index is 0. The van der Waals surface area contributed by atoms with Gasteiger partial charge in [-0.05, 0) is 6.07 Å². The van der Waals surface area contributed by atoms with Gasteiger partial charge in [-0.2, -0.15) is 13.5 Å². The van der Waals surface area contributed by atoms with Crippen LogP contribution in [0.4, 0.5) is 5.88 Å². The maximum absolute atomic E-state index is 5.11. The van der Waals surface area contributed by atoms with Gasteiger partial charge in [-0.25, -0.2) is 0 Å². The SMILES string of the molecule is Nc1ccco1.S. The molecule has 0 aliphatic rings. The van der Waals surface area contributed by atoms with Gasteiger partial charge in [0.25, 0.3) is 0 Å². The first-order valence-electron chi connectivity index (χ1n) is 1.68. The molecule has 0 saturated carbocycles. The minimum Gasteiger partial charge on any atom is -0.449 e. The van der Waals surface area contributed by atoms with Crippen molar-refractivity contribution in [2.75, 3.05) is 5.73 Å². The molecule has 0 amide bonds. The average molecular weight is 117 g/mol. The predicted molar refractivity (Wildman–Crippen MR) is 33.5 cm³/mol. The van der Waals surface area contributed by atoms with Crippen molar-refractivity contribution in [1.82, 2.24) is 0 Å².